The zero-order chi connectivity index (χ0) is 18.1. The molecule has 1 fully saturated rings. The van der Waals surface area contributed by atoms with E-state index < -0.39 is 5.97 Å². The molecule has 0 spiro atoms. The lowest BCUT2D eigenvalue weighted by Gasteiger charge is -2.26. The number of carbonyl (C=O) groups is 3. The smallest absolute Gasteiger partial charge is 0.303 e. The van der Waals surface area contributed by atoms with Crippen LogP contribution in [-0.4, -0.2) is 65.6 Å². The highest BCUT2D eigenvalue weighted by Gasteiger charge is 2.17. The third-order valence-electron chi connectivity index (χ3n) is 3.66. The fraction of sp³-hybridized carbons (Fsp3) is 0.471. The van der Waals surface area contributed by atoms with Crippen LogP contribution in [0.5, 0.6) is 0 Å². The molecule has 2 amide bonds. The van der Waals surface area contributed by atoms with Crippen LogP contribution in [0.15, 0.2) is 24.3 Å². The first kappa shape index (κ1) is 19.3. The van der Waals surface area contributed by atoms with Crippen LogP contribution in [0.3, 0.4) is 0 Å². The number of aliphatic carboxylic acids is 1. The summed E-state index contributed by atoms with van der Waals surface area (Å²) < 4.78 is 5.20. The van der Waals surface area contributed by atoms with Gasteiger partial charge in [0.1, 0.15) is 0 Å². The second-order valence-corrected chi connectivity index (χ2v) is 6.61. The van der Waals surface area contributed by atoms with E-state index in [9.17, 15) is 14.4 Å². The SMILES string of the molecule is O=C(O)CCc1cccc(NC(=O)CSCC(=O)N2CCOCC2)c1. The van der Waals surface area contributed by atoms with Gasteiger partial charge < -0.3 is 20.1 Å². The van der Waals surface area contributed by atoms with E-state index in [4.69, 9.17) is 9.84 Å². The average Bonchev–Trinajstić information content (AvgIpc) is 2.61. The second-order valence-electron chi connectivity index (χ2n) is 5.63. The van der Waals surface area contributed by atoms with E-state index >= 15 is 0 Å². The lowest BCUT2D eigenvalue weighted by atomic mass is 10.1. The first-order valence-electron chi connectivity index (χ1n) is 8.08. The molecule has 1 aromatic carbocycles. The number of hydrogen-bond donors (Lipinski definition) is 2. The quantitative estimate of drug-likeness (QED) is 0.719. The van der Waals surface area contributed by atoms with Gasteiger partial charge in [-0.05, 0) is 24.1 Å². The fourth-order valence-corrected chi connectivity index (χ4v) is 3.10. The molecule has 1 aromatic rings. The summed E-state index contributed by atoms with van der Waals surface area (Å²) in [5.41, 5.74) is 1.49. The highest BCUT2D eigenvalue weighted by atomic mass is 32.2. The Morgan fingerprint density at radius 2 is 1.96 bits per heavy atom. The Hall–Kier alpha value is -2.06. The van der Waals surface area contributed by atoms with Gasteiger partial charge >= 0.3 is 5.97 Å². The van der Waals surface area contributed by atoms with Crippen molar-refractivity contribution in [3.05, 3.63) is 29.8 Å². The van der Waals surface area contributed by atoms with Crippen molar-refractivity contribution in [3.63, 3.8) is 0 Å². The van der Waals surface area contributed by atoms with Crippen molar-refractivity contribution in [1.29, 1.82) is 0 Å². The third-order valence-corrected chi connectivity index (χ3v) is 4.58. The van der Waals surface area contributed by atoms with Gasteiger partial charge in [-0.1, -0.05) is 12.1 Å². The molecular formula is C17H22N2O5S. The molecule has 7 nitrogen and oxygen atoms in total. The van der Waals surface area contributed by atoms with E-state index in [0.29, 0.717) is 38.4 Å². The monoisotopic (exact) mass is 366 g/mol. The van der Waals surface area contributed by atoms with Gasteiger partial charge in [-0.25, -0.2) is 0 Å². The maximum Gasteiger partial charge on any atom is 0.303 e. The number of hydrogen-bond acceptors (Lipinski definition) is 5. The summed E-state index contributed by atoms with van der Waals surface area (Å²) in [4.78, 5) is 36.3. The van der Waals surface area contributed by atoms with E-state index in [1.54, 1.807) is 23.1 Å². The standard InChI is InChI=1S/C17H22N2O5S/c20-15(11-25-12-16(21)19-6-8-24-9-7-19)18-14-3-1-2-13(10-14)4-5-17(22)23/h1-3,10H,4-9,11-12H2,(H,18,20)(H,22,23). The van der Waals surface area contributed by atoms with Crippen LogP contribution in [0.25, 0.3) is 0 Å². The summed E-state index contributed by atoms with van der Waals surface area (Å²) in [6, 6.07) is 7.13. The second kappa shape index (κ2) is 10.0. The van der Waals surface area contributed by atoms with Crippen molar-refractivity contribution in [2.45, 2.75) is 12.8 Å². The predicted molar refractivity (Wildman–Crippen MR) is 95.8 cm³/mol. The average molecular weight is 366 g/mol. The number of nitrogens with one attached hydrogen (secondary N) is 1. The van der Waals surface area contributed by atoms with Gasteiger partial charge in [-0.2, -0.15) is 0 Å². The Morgan fingerprint density at radius 3 is 2.68 bits per heavy atom. The number of thioether (sulfide) groups is 1. The Morgan fingerprint density at radius 1 is 1.20 bits per heavy atom. The van der Waals surface area contributed by atoms with Crippen molar-refractivity contribution in [2.75, 3.05) is 43.1 Å². The normalized spacial score (nSPS) is 14.2. The van der Waals surface area contributed by atoms with Crippen LogP contribution in [0.2, 0.25) is 0 Å². The lowest BCUT2D eigenvalue weighted by Crippen LogP contribution is -2.41. The number of carboxylic acids is 1. The van der Waals surface area contributed by atoms with Gasteiger partial charge in [0, 0.05) is 25.2 Å². The number of anilines is 1. The molecule has 1 heterocycles. The molecule has 0 aromatic heterocycles. The van der Waals surface area contributed by atoms with Crippen LogP contribution in [-0.2, 0) is 25.5 Å². The number of morpholine rings is 1. The van der Waals surface area contributed by atoms with E-state index in [1.165, 1.54) is 11.8 Å². The zero-order valence-electron chi connectivity index (χ0n) is 13.9. The molecule has 136 valence electrons. The van der Waals surface area contributed by atoms with Crippen molar-refractivity contribution in [3.8, 4) is 0 Å². The molecule has 0 unspecified atom stereocenters. The van der Waals surface area contributed by atoms with E-state index in [1.807, 2.05) is 6.07 Å². The van der Waals surface area contributed by atoms with Crippen LogP contribution < -0.4 is 5.32 Å². The molecule has 1 aliphatic heterocycles. The van der Waals surface area contributed by atoms with Crippen molar-refractivity contribution in [1.82, 2.24) is 4.90 Å². The molecule has 2 rings (SSSR count). The molecule has 0 aliphatic carbocycles. The molecule has 0 bridgehead atoms. The van der Waals surface area contributed by atoms with Crippen LogP contribution in [0, 0.1) is 0 Å². The molecule has 1 saturated heterocycles. The molecule has 25 heavy (non-hydrogen) atoms. The number of nitrogens with zero attached hydrogens (tertiary/aromatic N) is 1. The lowest BCUT2D eigenvalue weighted by molar-refractivity contribution is -0.137. The minimum Gasteiger partial charge on any atom is -0.481 e. The fourth-order valence-electron chi connectivity index (χ4n) is 2.39. The molecule has 0 atom stereocenters. The number of benzene rings is 1. The number of aryl methyl sites for hydroxylation is 1. The van der Waals surface area contributed by atoms with E-state index in [0.717, 1.165) is 5.56 Å². The number of ether oxygens (including phenoxy) is 1. The minimum atomic E-state index is -0.851. The number of carbonyl (C=O) groups excluding carboxylic acids is 2. The minimum absolute atomic E-state index is 0.0248. The largest absolute Gasteiger partial charge is 0.481 e. The van der Waals surface area contributed by atoms with Gasteiger partial charge in [0.25, 0.3) is 0 Å². The Balaban J connectivity index is 1.71. The summed E-state index contributed by atoms with van der Waals surface area (Å²) in [5, 5.41) is 11.5. The third kappa shape index (κ3) is 7.15. The Bertz CT molecular complexity index is 617. The van der Waals surface area contributed by atoms with Gasteiger partial charge in [-0.15, -0.1) is 11.8 Å². The van der Waals surface area contributed by atoms with Gasteiger partial charge in [0.2, 0.25) is 11.8 Å². The van der Waals surface area contributed by atoms with Crippen LogP contribution in [0.1, 0.15) is 12.0 Å². The molecule has 2 N–H and O–H groups in total. The first-order chi connectivity index (χ1) is 12.0. The zero-order valence-corrected chi connectivity index (χ0v) is 14.7. The molecule has 1 aliphatic rings. The maximum absolute atomic E-state index is 12.0. The first-order valence-corrected chi connectivity index (χ1v) is 9.24. The van der Waals surface area contributed by atoms with E-state index in [2.05, 4.69) is 5.32 Å². The molecule has 8 heteroatoms. The van der Waals surface area contributed by atoms with Gasteiger partial charge in [-0.3, -0.25) is 14.4 Å². The topological polar surface area (TPSA) is 95.9 Å². The molecule has 0 saturated carbocycles. The summed E-state index contributed by atoms with van der Waals surface area (Å²) in [5.74, 6) is -0.552. The number of rotatable bonds is 8. The van der Waals surface area contributed by atoms with Crippen LogP contribution in [0.4, 0.5) is 5.69 Å². The summed E-state index contributed by atoms with van der Waals surface area (Å²) >= 11 is 1.28. The predicted octanol–water partition coefficient (Wildman–Crippen LogP) is 1.23. The van der Waals surface area contributed by atoms with Crippen LogP contribution >= 0.6 is 11.8 Å². The number of amides is 2. The highest BCUT2D eigenvalue weighted by molar-refractivity contribution is 8.00. The summed E-state index contributed by atoms with van der Waals surface area (Å²) in [6.07, 6.45) is 0.471. The van der Waals surface area contributed by atoms with Crippen molar-refractivity contribution in [2.24, 2.45) is 0 Å². The Labute approximate surface area is 150 Å². The van der Waals surface area contributed by atoms with Gasteiger partial charge in [0.15, 0.2) is 0 Å². The maximum atomic E-state index is 12.0. The van der Waals surface area contributed by atoms with Crippen molar-refractivity contribution < 1.29 is 24.2 Å². The number of carboxylic acid groups (broad SMARTS) is 1. The van der Waals surface area contributed by atoms with E-state index in [-0.39, 0.29) is 29.7 Å². The Kier molecular flexibility index (Phi) is 7.75. The van der Waals surface area contributed by atoms with Gasteiger partial charge in [0.05, 0.1) is 24.7 Å². The van der Waals surface area contributed by atoms with Crippen molar-refractivity contribution >= 4 is 35.2 Å². The summed E-state index contributed by atoms with van der Waals surface area (Å²) in [6.45, 7) is 2.34. The summed E-state index contributed by atoms with van der Waals surface area (Å²) in [7, 11) is 0. The highest BCUT2D eigenvalue weighted by Crippen LogP contribution is 2.13. The molecule has 0 radical (unpaired) electrons. The molecular weight excluding hydrogens is 344 g/mol.